The van der Waals surface area contributed by atoms with Gasteiger partial charge in [-0.1, -0.05) is 23.7 Å². The zero-order valence-corrected chi connectivity index (χ0v) is 17.0. The number of anilines is 1. The molecule has 0 aliphatic heterocycles. The van der Waals surface area contributed by atoms with Crippen molar-refractivity contribution in [3.05, 3.63) is 53.2 Å². The van der Waals surface area contributed by atoms with Crippen LogP contribution in [0.2, 0.25) is 5.02 Å². The first-order chi connectivity index (χ1) is 13.3. The highest BCUT2D eigenvalue weighted by molar-refractivity contribution is 8.00. The molecular weight excluding hydrogens is 402 g/mol. The van der Waals surface area contributed by atoms with Crippen LogP contribution >= 0.6 is 23.4 Å². The van der Waals surface area contributed by atoms with E-state index in [9.17, 15) is 14.4 Å². The van der Waals surface area contributed by atoms with Crippen molar-refractivity contribution in [2.45, 2.75) is 24.8 Å². The lowest BCUT2D eigenvalue weighted by Crippen LogP contribution is -2.31. The first kappa shape index (κ1) is 21.7. The minimum absolute atomic E-state index is 0.0435. The molecule has 9 heteroatoms. The van der Waals surface area contributed by atoms with Gasteiger partial charge in [0.15, 0.2) is 6.61 Å². The van der Waals surface area contributed by atoms with E-state index in [1.807, 2.05) is 13.8 Å². The molecule has 0 aliphatic rings. The number of halogens is 1. The maximum Gasteiger partial charge on any atom is 0.339 e. The molecule has 28 heavy (non-hydrogen) atoms. The number of nitrogens with zero attached hydrogens (tertiary/aromatic N) is 1. The highest BCUT2D eigenvalue weighted by Gasteiger charge is 2.16. The lowest BCUT2D eigenvalue weighted by atomic mass is 10.2. The number of ether oxygens (including phenoxy) is 1. The molecule has 0 bridgehead atoms. The fourth-order valence-corrected chi connectivity index (χ4v) is 3.07. The molecule has 0 atom stereocenters. The Balaban J connectivity index is 1.90. The van der Waals surface area contributed by atoms with Crippen molar-refractivity contribution in [2.24, 2.45) is 0 Å². The van der Waals surface area contributed by atoms with Crippen molar-refractivity contribution in [1.29, 1.82) is 0 Å². The lowest BCUT2D eigenvalue weighted by Gasteiger charge is -2.11. The van der Waals surface area contributed by atoms with Crippen LogP contribution in [0, 0.1) is 0 Å². The van der Waals surface area contributed by atoms with Gasteiger partial charge in [-0.3, -0.25) is 9.59 Å². The van der Waals surface area contributed by atoms with Crippen molar-refractivity contribution in [2.75, 3.05) is 17.7 Å². The van der Waals surface area contributed by atoms with Gasteiger partial charge in [-0.2, -0.15) is 0 Å². The van der Waals surface area contributed by atoms with Crippen LogP contribution in [0.4, 0.5) is 5.82 Å². The molecular formula is C19H20ClN3O4S. The molecule has 1 aromatic heterocycles. The summed E-state index contributed by atoms with van der Waals surface area (Å²) in [5, 5.41) is 5.74. The van der Waals surface area contributed by atoms with Gasteiger partial charge in [0.1, 0.15) is 5.82 Å². The van der Waals surface area contributed by atoms with Crippen molar-refractivity contribution < 1.29 is 19.1 Å². The maximum atomic E-state index is 12.3. The van der Waals surface area contributed by atoms with E-state index < -0.39 is 18.5 Å². The Morgan fingerprint density at radius 1 is 1.14 bits per heavy atom. The largest absolute Gasteiger partial charge is 0.452 e. The Hall–Kier alpha value is -2.58. The van der Waals surface area contributed by atoms with Crippen LogP contribution in [-0.2, 0) is 14.3 Å². The summed E-state index contributed by atoms with van der Waals surface area (Å²) in [6, 6.07) is 9.92. The summed E-state index contributed by atoms with van der Waals surface area (Å²) in [6.07, 6.45) is 1.39. The second-order valence-corrected chi connectivity index (χ2v) is 7.45. The summed E-state index contributed by atoms with van der Waals surface area (Å²) < 4.78 is 5.08. The van der Waals surface area contributed by atoms with E-state index in [1.54, 1.807) is 30.3 Å². The van der Waals surface area contributed by atoms with Crippen LogP contribution in [0.5, 0.6) is 0 Å². The van der Waals surface area contributed by atoms with Crippen LogP contribution in [0.15, 0.2) is 47.5 Å². The van der Waals surface area contributed by atoms with Gasteiger partial charge in [-0.15, -0.1) is 11.8 Å². The molecule has 2 N–H and O–H groups in total. The molecule has 0 saturated carbocycles. The number of rotatable bonds is 8. The third-order valence-corrected chi connectivity index (χ3v) is 4.54. The van der Waals surface area contributed by atoms with Crippen LogP contribution < -0.4 is 10.6 Å². The highest BCUT2D eigenvalue weighted by Crippen LogP contribution is 2.23. The van der Waals surface area contributed by atoms with E-state index in [0.717, 1.165) is 0 Å². The van der Waals surface area contributed by atoms with E-state index in [2.05, 4.69) is 15.6 Å². The van der Waals surface area contributed by atoms with Gasteiger partial charge in [-0.25, -0.2) is 9.78 Å². The Kier molecular flexibility index (Phi) is 8.28. The highest BCUT2D eigenvalue weighted by atomic mass is 35.5. The van der Waals surface area contributed by atoms with Gasteiger partial charge in [0.2, 0.25) is 5.91 Å². The first-order valence-electron chi connectivity index (χ1n) is 8.45. The van der Waals surface area contributed by atoms with E-state index in [-0.39, 0.29) is 17.7 Å². The van der Waals surface area contributed by atoms with Crippen molar-refractivity contribution in [1.82, 2.24) is 10.3 Å². The van der Waals surface area contributed by atoms with Gasteiger partial charge in [0, 0.05) is 17.1 Å². The molecule has 0 saturated heterocycles. The van der Waals surface area contributed by atoms with E-state index >= 15 is 0 Å². The molecule has 0 spiro atoms. The summed E-state index contributed by atoms with van der Waals surface area (Å²) in [5.41, 5.74) is 0.294. The molecule has 1 heterocycles. The molecule has 0 unspecified atom stereocenters. The van der Waals surface area contributed by atoms with Crippen LogP contribution in [-0.4, -0.2) is 41.2 Å². The van der Waals surface area contributed by atoms with Crippen LogP contribution in [0.1, 0.15) is 24.2 Å². The van der Waals surface area contributed by atoms with Gasteiger partial charge >= 0.3 is 5.97 Å². The fourth-order valence-electron chi connectivity index (χ4n) is 2.11. The smallest absolute Gasteiger partial charge is 0.339 e. The molecule has 2 aromatic rings. The standard InChI is InChI=1S/C19H20ClN3O4S/c1-12(2)22-18(25)11-28-15-6-4-3-5-14(15)19(26)27-10-17(24)23-16-8-7-13(20)9-21-16/h3-9,12H,10-11H2,1-2H3,(H,22,25)(H,21,23,24). The Morgan fingerprint density at radius 3 is 2.57 bits per heavy atom. The third kappa shape index (κ3) is 7.21. The van der Waals surface area contributed by atoms with Gasteiger partial charge < -0.3 is 15.4 Å². The summed E-state index contributed by atoms with van der Waals surface area (Å²) in [4.78, 5) is 40.6. The molecule has 148 valence electrons. The Labute approximate surface area is 172 Å². The Bertz CT molecular complexity index is 843. The lowest BCUT2D eigenvalue weighted by molar-refractivity contribution is -0.119. The summed E-state index contributed by atoms with van der Waals surface area (Å²) in [7, 11) is 0. The number of nitrogens with one attached hydrogen (secondary N) is 2. The SMILES string of the molecule is CC(C)NC(=O)CSc1ccccc1C(=O)OCC(=O)Nc1ccc(Cl)cn1. The number of amides is 2. The molecule has 0 aliphatic carbocycles. The minimum Gasteiger partial charge on any atom is -0.452 e. The van der Waals surface area contributed by atoms with Crippen molar-refractivity contribution in [3.8, 4) is 0 Å². The predicted molar refractivity (Wildman–Crippen MR) is 109 cm³/mol. The number of hydrogen-bond acceptors (Lipinski definition) is 6. The van der Waals surface area contributed by atoms with Gasteiger partial charge in [0.25, 0.3) is 5.91 Å². The number of aromatic nitrogens is 1. The predicted octanol–water partition coefficient (Wildman–Crippen LogP) is 3.15. The fraction of sp³-hybridized carbons (Fsp3) is 0.263. The van der Waals surface area contributed by atoms with Gasteiger partial charge in [-0.05, 0) is 38.1 Å². The number of carbonyl (C=O) groups excluding carboxylic acids is 3. The average Bonchev–Trinajstić information content (AvgIpc) is 2.66. The second-order valence-electron chi connectivity index (χ2n) is 5.99. The number of esters is 1. The number of pyridine rings is 1. The van der Waals surface area contributed by atoms with Crippen molar-refractivity contribution >= 4 is 47.0 Å². The van der Waals surface area contributed by atoms with E-state index in [1.165, 1.54) is 24.0 Å². The maximum absolute atomic E-state index is 12.3. The van der Waals surface area contributed by atoms with Crippen molar-refractivity contribution in [3.63, 3.8) is 0 Å². The first-order valence-corrected chi connectivity index (χ1v) is 9.81. The molecule has 0 radical (unpaired) electrons. The number of hydrogen-bond donors (Lipinski definition) is 2. The third-order valence-electron chi connectivity index (χ3n) is 3.24. The summed E-state index contributed by atoms with van der Waals surface area (Å²) in [6.45, 7) is 3.28. The number of benzene rings is 1. The second kappa shape index (κ2) is 10.7. The molecule has 1 aromatic carbocycles. The molecule has 2 rings (SSSR count). The average molecular weight is 422 g/mol. The zero-order valence-electron chi connectivity index (χ0n) is 15.4. The van der Waals surface area contributed by atoms with Crippen LogP contribution in [0.25, 0.3) is 0 Å². The summed E-state index contributed by atoms with van der Waals surface area (Å²) in [5.74, 6) is -0.822. The monoisotopic (exact) mass is 421 g/mol. The Morgan fingerprint density at radius 2 is 1.89 bits per heavy atom. The zero-order chi connectivity index (χ0) is 20.5. The van der Waals surface area contributed by atoms with Gasteiger partial charge in [0.05, 0.1) is 16.3 Å². The molecule has 0 fully saturated rings. The molecule has 7 nitrogen and oxygen atoms in total. The van der Waals surface area contributed by atoms with Crippen LogP contribution in [0.3, 0.4) is 0 Å². The number of carbonyl (C=O) groups is 3. The van der Waals surface area contributed by atoms with E-state index in [0.29, 0.717) is 21.3 Å². The quantitative estimate of drug-likeness (QED) is 0.502. The topological polar surface area (TPSA) is 97.4 Å². The number of thioether (sulfide) groups is 1. The van der Waals surface area contributed by atoms with E-state index in [4.69, 9.17) is 16.3 Å². The normalized spacial score (nSPS) is 10.4. The minimum atomic E-state index is -0.647. The molecule has 2 amide bonds. The summed E-state index contributed by atoms with van der Waals surface area (Å²) >= 11 is 6.96.